The maximum Gasteiger partial charge on any atom is 0.311 e. The highest BCUT2D eigenvalue weighted by molar-refractivity contribution is 6.06. The van der Waals surface area contributed by atoms with Gasteiger partial charge in [-0.15, -0.1) is 0 Å². The first-order valence-corrected chi connectivity index (χ1v) is 11.6. The zero-order valence-corrected chi connectivity index (χ0v) is 19.8. The van der Waals surface area contributed by atoms with Gasteiger partial charge in [0, 0.05) is 25.1 Å². The number of rotatable bonds is 9. The minimum atomic E-state index is -1.46. The number of imidazole rings is 1. The maximum absolute atomic E-state index is 13.2. The Bertz CT molecular complexity index is 1260. The van der Waals surface area contributed by atoms with Crippen molar-refractivity contribution < 1.29 is 19.4 Å². The molecular formula is C24H32N6O4. The number of carbonyl (C=O) groups is 2. The molecule has 4 rings (SSSR count). The summed E-state index contributed by atoms with van der Waals surface area (Å²) in [6.07, 6.45) is 1.02. The van der Waals surface area contributed by atoms with E-state index in [2.05, 4.69) is 15.3 Å². The molecule has 182 valence electrons. The van der Waals surface area contributed by atoms with Gasteiger partial charge in [0.2, 0.25) is 5.91 Å². The van der Waals surface area contributed by atoms with Crippen LogP contribution in [-0.2, 0) is 27.5 Å². The normalized spacial score (nSPS) is 24.3. The van der Waals surface area contributed by atoms with Crippen LogP contribution in [0.15, 0.2) is 24.3 Å². The number of anilines is 1. The minimum absolute atomic E-state index is 0.189. The van der Waals surface area contributed by atoms with Crippen LogP contribution in [0.1, 0.15) is 39.4 Å². The summed E-state index contributed by atoms with van der Waals surface area (Å²) in [7, 11) is 0. The third kappa shape index (κ3) is 3.48. The van der Waals surface area contributed by atoms with E-state index in [1.165, 1.54) is 0 Å². The first-order valence-electron chi connectivity index (χ1n) is 11.6. The highest BCUT2D eigenvalue weighted by Crippen LogP contribution is 2.54. The summed E-state index contributed by atoms with van der Waals surface area (Å²) < 4.78 is 7.59. The lowest BCUT2D eigenvalue weighted by atomic mass is 9.48. The van der Waals surface area contributed by atoms with Crippen molar-refractivity contribution in [3.05, 3.63) is 30.1 Å². The molecule has 3 aromatic rings. The SMILES string of the molecule is CCOCc1nc2c(N)nc3ccccc3c2n1CCNC(=O)[C@]1(N)C(CC)C[C@]1(C)C(=O)O. The summed E-state index contributed by atoms with van der Waals surface area (Å²) in [6, 6.07) is 7.66. The maximum atomic E-state index is 13.2. The molecule has 1 aliphatic rings. The number of benzene rings is 1. The molecule has 0 saturated heterocycles. The van der Waals surface area contributed by atoms with Gasteiger partial charge in [0.05, 0.1) is 16.4 Å². The first-order chi connectivity index (χ1) is 16.2. The number of carboxylic acid groups (broad SMARTS) is 1. The lowest BCUT2D eigenvalue weighted by Gasteiger charge is -2.57. The molecule has 1 amide bonds. The van der Waals surface area contributed by atoms with Crippen LogP contribution in [0.2, 0.25) is 0 Å². The summed E-state index contributed by atoms with van der Waals surface area (Å²) in [4.78, 5) is 34.2. The number of aliphatic carboxylic acids is 1. The van der Waals surface area contributed by atoms with Crippen LogP contribution in [0.3, 0.4) is 0 Å². The Hall–Kier alpha value is -3.24. The molecule has 2 aromatic heterocycles. The van der Waals surface area contributed by atoms with Crippen LogP contribution >= 0.6 is 0 Å². The second-order valence-electron chi connectivity index (χ2n) is 9.10. The van der Waals surface area contributed by atoms with Crippen LogP contribution < -0.4 is 16.8 Å². The number of fused-ring (bicyclic) bond motifs is 3. The van der Waals surface area contributed by atoms with E-state index in [0.29, 0.717) is 43.2 Å². The fraction of sp³-hybridized carbons (Fsp3) is 0.500. The summed E-state index contributed by atoms with van der Waals surface area (Å²) in [5.74, 6) is -0.691. The van der Waals surface area contributed by atoms with Crippen LogP contribution in [0.4, 0.5) is 5.82 Å². The van der Waals surface area contributed by atoms with Crippen LogP contribution in [0.25, 0.3) is 21.9 Å². The molecule has 0 spiro atoms. The predicted octanol–water partition coefficient (Wildman–Crippen LogP) is 2.04. The van der Waals surface area contributed by atoms with Crippen molar-refractivity contribution in [1.29, 1.82) is 0 Å². The van der Waals surface area contributed by atoms with Gasteiger partial charge in [-0.3, -0.25) is 9.59 Å². The standard InChI is InChI=1S/C24H32N6O4/c1-4-14-12-23(3,22(32)33)24(14,26)21(31)27-10-11-30-17(13-34-5-2)29-18-19(30)15-8-6-7-9-16(15)28-20(18)25/h6-9,14H,4-5,10-13,26H2,1-3H3,(H2,25,28)(H,27,31)(H,32,33)/t14?,23-,24-/m1/s1. The van der Waals surface area contributed by atoms with E-state index in [9.17, 15) is 14.7 Å². The lowest BCUT2D eigenvalue weighted by molar-refractivity contribution is -0.176. The van der Waals surface area contributed by atoms with Crippen molar-refractivity contribution in [2.45, 2.75) is 52.3 Å². The molecule has 34 heavy (non-hydrogen) atoms. The molecule has 1 unspecified atom stereocenters. The number of amides is 1. The van der Waals surface area contributed by atoms with Crippen molar-refractivity contribution in [3.63, 3.8) is 0 Å². The Balaban J connectivity index is 1.64. The van der Waals surface area contributed by atoms with Gasteiger partial charge in [-0.1, -0.05) is 31.5 Å². The number of nitrogens with one attached hydrogen (secondary N) is 1. The molecule has 1 fully saturated rings. The summed E-state index contributed by atoms with van der Waals surface area (Å²) >= 11 is 0. The monoisotopic (exact) mass is 468 g/mol. The smallest absolute Gasteiger partial charge is 0.311 e. The van der Waals surface area contributed by atoms with Gasteiger partial charge in [-0.05, 0) is 32.3 Å². The quantitative estimate of drug-likeness (QED) is 0.371. The number of pyridine rings is 1. The van der Waals surface area contributed by atoms with Gasteiger partial charge in [0.25, 0.3) is 0 Å². The second kappa shape index (κ2) is 8.84. The van der Waals surface area contributed by atoms with E-state index >= 15 is 0 Å². The molecular weight excluding hydrogens is 436 g/mol. The Labute approximate surface area is 197 Å². The number of carboxylic acids is 1. The fourth-order valence-electron chi connectivity index (χ4n) is 5.19. The van der Waals surface area contributed by atoms with Crippen molar-refractivity contribution in [1.82, 2.24) is 19.9 Å². The molecule has 6 N–H and O–H groups in total. The number of nitrogens with two attached hydrogens (primary N) is 2. The van der Waals surface area contributed by atoms with Crippen molar-refractivity contribution >= 4 is 39.6 Å². The number of hydrogen-bond donors (Lipinski definition) is 4. The number of ether oxygens (including phenoxy) is 1. The molecule has 0 aliphatic heterocycles. The van der Waals surface area contributed by atoms with Gasteiger partial charge in [0.1, 0.15) is 23.5 Å². The molecule has 1 saturated carbocycles. The third-order valence-corrected chi connectivity index (χ3v) is 7.30. The highest BCUT2D eigenvalue weighted by Gasteiger charge is 2.68. The summed E-state index contributed by atoms with van der Waals surface area (Å²) in [6.45, 7) is 6.80. The average molecular weight is 469 g/mol. The molecule has 10 nitrogen and oxygen atoms in total. The molecule has 1 aliphatic carbocycles. The number of hydrogen-bond acceptors (Lipinski definition) is 7. The van der Waals surface area contributed by atoms with Gasteiger partial charge in [-0.2, -0.15) is 0 Å². The topological polar surface area (TPSA) is 158 Å². The molecule has 2 heterocycles. The lowest BCUT2D eigenvalue weighted by Crippen LogP contribution is -2.77. The van der Waals surface area contributed by atoms with Gasteiger partial charge in [0.15, 0.2) is 5.82 Å². The Kier molecular flexibility index (Phi) is 6.22. The highest BCUT2D eigenvalue weighted by atomic mass is 16.5. The fourth-order valence-corrected chi connectivity index (χ4v) is 5.19. The van der Waals surface area contributed by atoms with Crippen LogP contribution in [-0.4, -0.2) is 50.2 Å². The number of carbonyl (C=O) groups excluding carboxylic acids is 1. The first kappa shape index (κ1) is 23.9. The molecule has 0 bridgehead atoms. The zero-order chi connectivity index (χ0) is 24.7. The van der Waals surface area contributed by atoms with E-state index in [4.69, 9.17) is 16.2 Å². The van der Waals surface area contributed by atoms with Gasteiger partial charge >= 0.3 is 5.97 Å². The third-order valence-electron chi connectivity index (χ3n) is 7.30. The molecule has 3 atom stereocenters. The number of aromatic nitrogens is 3. The van der Waals surface area contributed by atoms with E-state index in [-0.39, 0.29) is 19.1 Å². The average Bonchev–Trinajstić information content (AvgIpc) is 3.19. The number of nitrogen functional groups attached to an aromatic ring is 1. The number of nitrogens with zero attached hydrogens (tertiary/aromatic N) is 3. The largest absolute Gasteiger partial charge is 0.481 e. The predicted molar refractivity (Wildman–Crippen MR) is 129 cm³/mol. The van der Waals surface area contributed by atoms with E-state index in [1.807, 2.05) is 42.7 Å². The molecule has 1 aromatic carbocycles. The summed E-state index contributed by atoms with van der Waals surface area (Å²) in [5.41, 5.74) is 12.1. The Morgan fingerprint density at radius 1 is 1.29 bits per heavy atom. The molecule has 0 radical (unpaired) electrons. The van der Waals surface area contributed by atoms with Gasteiger partial charge < -0.3 is 31.2 Å². The Morgan fingerprint density at radius 3 is 2.71 bits per heavy atom. The van der Waals surface area contributed by atoms with E-state index < -0.39 is 22.8 Å². The van der Waals surface area contributed by atoms with Gasteiger partial charge in [-0.25, -0.2) is 9.97 Å². The van der Waals surface area contributed by atoms with Crippen molar-refractivity contribution in [3.8, 4) is 0 Å². The van der Waals surface area contributed by atoms with E-state index in [0.717, 1.165) is 16.4 Å². The zero-order valence-electron chi connectivity index (χ0n) is 19.8. The van der Waals surface area contributed by atoms with Crippen LogP contribution in [0, 0.1) is 11.3 Å². The van der Waals surface area contributed by atoms with Crippen LogP contribution in [0.5, 0.6) is 0 Å². The second-order valence-corrected chi connectivity index (χ2v) is 9.10. The van der Waals surface area contributed by atoms with Crippen molar-refractivity contribution in [2.24, 2.45) is 17.1 Å². The number of para-hydroxylation sites is 1. The Morgan fingerprint density at radius 2 is 2.03 bits per heavy atom. The van der Waals surface area contributed by atoms with Crippen molar-refractivity contribution in [2.75, 3.05) is 18.9 Å². The van der Waals surface area contributed by atoms with E-state index in [1.54, 1.807) is 6.92 Å². The summed E-state index contributed by atoms with van der Waals surface area (Å²) in [5, 5.41) is 13.5. The minimum Gasteiger partial charge on any atom is -0.481 e. The molecule has 10 heteroatoms.